The molecule has 4 aliphatic carbocycles. The van der Waals surface area contributed by atoms with Crippen molar-refractivity contribution in [1.29, 1.82) is 0 Å². The van der Waals surface area contributed by atoms with Gasteiger partial charge in [-0.25, -0.2) is 0 Å². The normalized spacial score (nSPS) is 56.0. The van der Waals surface area contributed by atoms with Crippen LogP contribution in [0.4, 0.5) is 0 Å². The van der Waals surface area contributed by atoms with Crippen molar-refractivity contribution < 1.29 is 0 Å². The Balaban J connectivity index is 1.71. The molecule has 0 saturated heterocycles. The van der Waals surface area contributed by atoms with Crippen LogP contribution in [0.15, 0.2) is 24.3 Å². The van der Waals surface area contributed by atoms with Crippen LogP contribution in [0.3, 0.4) is 0 Å². The lowest BCUT2D eigenvalue weighted by Crippen LogP contribution is -2.55. The number of allylic oxidation sites excluding steroid dienone is 2. The summed E-state index contributed by atoms with van der Waals surface area (Å²) in [6.07, 6.45) is 9.66. The SMILES string of the molecule is C=C1C[C@@H]2CCC3C4[C@@H](C)CC(=C)C4(C)CCC3C2(C)[C@@H](C)C1. The Hall–Kier alpha value is -0.520. The summed E-state index contributed by atoms with van der Waals surface area (Å²) in [5.41, 5.74) is 4.12. The molecule has 5 unspecified atom stereocenters. The molecule has 0 aliphatic heterocycles. The fourth-order valence-corrected chi connectivity index (χ4v) is 8.10. The predicted octanol–water partition coefficient (Wildman–Crippen LogP) is 6.63. The summed E-state index contributed by atoms with van der Waals surface area (Å²) >= 11 is 0. The van der Waals surface area contributed by atoms with E-state index in [0.717, 1.165) is 35.5 Å². The average molecular weight is 313 g/mol. The van der Waals surface area contributed by atoms with Crippen LogP contribution < -0.4 is 0 Å². The van der Waals surface area contributed by atoms with E-state index in [2.05, 4.69) is 40.9 Å². The minimum Gasteiger partial charge on any atom is -0.0998 e. The van der Waals surface area contributed by atoms with Crippen LogP contribution in [-0.4, -0.2) is 0 Å². The van der Waals surface area contributed by atoms with Crippen molar-refractivity contribution in [3.63, 3.8) is 0 Å². The Morgan fingerprint density at radius 3 is 2.43 bits per heavy atom. The molecule has 4 saturated carbocycles. The lowest BCUT2D eigenvalue weighted by Gasteiger charge is -2.62. The van der Waals surface area contributed by atoms with Crippen LogP contribution in [-0.2, 0) is 0 Å². The molecule has 0 aromatic rings. The molecule has 0 radical (unpaired) electrons. The Labute approximate surface area is 143 Å². The van der Waals surface area contributed by atoms with Gasteiger partial charge in [-0.15, -0.1) is 0 Å². The zero-order chi connectivity index (χ0) is 16.6. The Kier molecular flexibility index (Phi) is 3.47. The highest BCUT2D eigenvalue weighted by molar-refractivity contribution is 5.24. The van der Waals surface area contributed by atoms with E-state index in [1.54, 1.807) is 5.57 Å². The second-order valence-electron chi connectivity index (χ2n) is 10.2. The molecule has 0 nitrogen and oxygen atoms in total. The summed E-state index contributed by atoms with van der Waals surface area (Å²) in [7, 11) is 0. The molecule has 0 bridgehead atoms. The van der Waals surface area contributed by atoms with Crippen LogP contribution in [0.2, 0.25) is 0 Å². The van der Waals surface area contributed by atoms with Crippen molar-refractivity contribution in [2.75, 3.05) is 0 Å². The van der Waals surface area contributed by atoms with Crippen molar-refractivity contribution in [3.05, 3.63) is 24.3 Å². The van der Waals surface area contributed by atoms with Crippen LogP contribution in [0.25, 0.3) is 0 Å². The first kappa shape index (κ1) is 16.0. The van der Waals surface area contributed by atoms with E-state index in [4.69, 9.17) is 0 Å². The Bertz CT molecular complexity index is 542. The van der Waals surface area contributed by atoms with E-state index in [1.165, 1.54) is 50.5 Å². The quantitative estimate of drug-likeness (QED) is 0.440. The molecule has 0 heterocycles. The lowest BCUT2D eigenvalue weighted by molar-refractivity contribution is -0.122. The third-order valence-electron chi connectivity index (χ3n) is 9.40. The molecule has 0 heteroatoms. The van der Waals surface area contributed by atoms with E-state index < -0.39 is 0 Å². The highest BCUT2D eigenvalue weighted by atomic mass is 14.7. The molecular weight excluding hydrogens is 276 g/mol. The first-order valence-electron chi connectivity index (χ1n) is 10.1. The van der Waals surface area contributed by atoms with E-state index >= 15 is 0 Å². The largest absolute Gasteiger partial charge is 0.0998 e. The van der Waals surface area contributed by atoms with Crippen LogP contribution in [0, 0.1) is 46.3 Å². The fourth-order valence-electron chi connectivity index (χ4n) is 8.10. The lowest BCUT2D eigenvalue weighted by atomic mass is 9.42. The molecule has 0 aromatic heterocycles. The smallest absolute Gasteiger partial charge is 0.00852 e. The molecule has 0 spiro atoms. The summed E-state index contributed by atoms with van der Waals surface area (Å²) in [4.78, 5) is 0. The minimum atomic E-state index is 0.450. The van der Waals surface area contributed by atoms with E-state index in [9.17, 15) is 0 Å². The van der Waals surface area contributed by atoms with Gasteiger partial charge >= 0.3 is 0 Å². The van der Waals surface area contributed by atoms with Gasteiger partial charge < -0.3 is 0 Å². The van der Waals surface area contributed by atoms with Gasteiger partial charge in [0.25, 0.3) is 0 Å². The summed E-state index contributed by atoms with van der Waals surface area (Å²) in [6, 6.07) is 0. The molecular formula is C23H36. The monoisotopic (exact) mass is 312 g/mol. The number of rotatable bonds is 0. The third kappa shape index (κ3) is 1.96. The fraction of sp³-hybridized carbons (Fsp3) is 0.826. The average Bonchev–Trinajstić information content (AvgIpc) is 2.71. The molecule has 4 aliphatic rings. The minimum absolute atomic E-state index is 0.450. The Morgan fingerprint density at radius 1 is 0.957 bits per heavy atom. The summed E-state index contributed by atoms with van der Waals surface area (Å²) in [5.74, 6) is 5.40. The maximum Gasteiger partial charge on any atom is -0.00852 e. The second-order valence-corrected chi connectivity index (χ2v) is 10.2. The van der Waals surface area contributed by atoms with E-state index in [-0.39, 0.29) is 0 Å². The molecule has 0 amide bonds. The summed E-state index contributed by atoms with van der Waals surface area (Å²) < 4.78 is 0. The van der Waals surface area contributed by atoms with Crippen molar-refractivity contribution in [2.45, 2.75) is 72.6 Å². The van der Waals surface area contributed by atoms with Crippen molar-refractivity contribution in [1.82, 2.24) is 0 Å². The summed E-state index contributed by atoms with van der Waals surface area (Å²) in [6.45, 7) is 19.2. The number of hydrogen-bond acceptors (Lipinski definition) is 0. The van der Waals surface area contributed by atoms with Crippen molar-refractivity contribution >= 4 is 0 Å². The van der Waals surface area contributed by atoms with Gasteiger partial charge in [-0.3, -0.25) is 0 Å². The molecule has 4 fully saturated rings. The number of hydrogen-bond donors (Lipinski definition) is 0. The van der Waals surface area contributed by atoms with Gasteiger partial charge in [-0.05, 0) is 91.3 Å². The maximum absolute atomic E-state index is 4.51. The van der Waals surface area contributed by atoms with E-state index in [1.807, 2.05) is 0 Å². The van der Waals surface area contributed by atoms with Crippen LogP contribution in [0.5, 0.6) is 0 Å². The van der Waals surface area contributed by atoms with Gasteiger partial charge in [-0.1, -0.05) is 52.0 Å². The zero-order valence-corrected chi connectivity index (χ0v) is 15.8. The molecule has 4 rings (SSSR count). The van der Waals surface area contributed by atoms with Crippen LogP contribution >= 0.6 is 0 Å². The van der Waals surface area contributed by atoms with Gasteiger partial charge in [0, 0.05) is 0 Å². The summed E-state index contributed by atoms with van der Waals surface area (Å²) in [5, 5.41) is 0. The van der Waals surface area contributed by atoms with Crippen LogP contribution in [0.1, 0.15) is 72.6 Å². The topological polar surface area (TPSA) is 0 Å². The highest BCUT2D eigenvalue weighted by Gasteiger charge is 2.61. The van der Waals surface area contributed by atoms with Gasteiger partial charge in [-0.2, -0.15) is 0 Å². The molecule has 0 N–H and O–H groups in total. The molecule has 0 aromatic carbocycles. The van der Waals surface area contributed by atoms with Gasteiger partial charge in [0.05, 0.1) is 0 Å². The second kappa shape index (κ2) is 4.99. The van der Waals surface area contributed by atoms with E-state index in [0.29, 0.717) is 10.8 Å². The highest BCUT2D eigenvalue weighted by Crippen LogP contribution is 2.69. The maximum atomic E-state index is 4.51. The van der Waals surface area contributed by atoms with Gasteiger partial charge in [0.1, 0.15) is 0 Å². The first-order valence-corrected chi connectivity index (χ1v) is 10.1. The molecule has 8 atom stereocenters. The third-order valence-corrected chi connectivity index (χ3v) is 9.40. The molecule has 23 heavy (non-hydrogen) atoms. The van der Waals surface area contributed by atoms with Gasteiger partial charge in [0.2, 0.25) is 0 Å². The van der Waals surface area contributed by atoms with Gasteiger partial charge in [0.15, 0.2) is 0 Å². The molecule has 128 valence electrons. The standard InChI is InChI=1S/C23H36/c1-14-11-17(4)23(6)18(12-14)7-8-19-20(23)9-10-22(5)16(3)13-15(2)21(19)22/h15,17-21H,1,3,7-13H2,2,4-6H3/t15-,17-,18-,19?,20?,21?,22?,23?/m0/s1. The first-order chi connectivity index (χ1) is 10.8. The predicted molar refractivity (Wildman–Crippen MR) is 99.1 cm³/mol. The number of fused-ring (bicyclic) bond motifs is 5. The van der Waals surface area contributed by atoms with Crippen molar-refractivity contribution in [3.8, 4) is 0 Å². The van der Waals surface area contributed by atoms with Crippen molar-refractivity contribution in [2.24, 2.45) is 46.3 Å². The zero-order valence-electron chi connectivity index (χ0n) is 15.8. The Morgan fingerprint density at radius 2 is 1.70 bits per heavy atom.